The lowest BCUT2D eigenvalue weighted by atomic mass is 10.0. The predicted molar refractivity (Wildman–Crippen MR) is 98.3 cm³/mol. The molecule has 0 fully saturated rings. The monoisotopic (exact) mass is 345 g/mol. The molecule has 0 aliphatic heterocycles. The van der Waals surface area contributed by atoms with E-state index in [1.807, 2.05) is 30.5 Å². The average Bonchev–Trinajstić information content (AvgIpc) is 3.00. The standard InChI is InChI=1S/C19H27N3O3/c1-14(23)22-18(19(24)20-10-6-3-7-11-25-2)12-15-13-21-17-9-5-4-8-16(15)17/h4-5,8-9,13,18,21H,3,6-7,10-12H2,1-2H3,(H,20,24)(H,22,23). The molecular weight excluding hydrogens is 318 g/mol. The number of para-hydroxylation sites is 1. The fraction of sp³-hybridized carbons (Fsp3) is 0.474. The minimum atomic E-state index is -0.573. The quantitative estimate of drug-likeness (QED) is 0.577. The highest BCUT2D eigenvalue weighted by Gasteiger charge is 2.21. The Bertz CT molecular complexity index is 696. The third-order valence-electron chi connectivity index (χ3n) is 4.12. The topological polar surface area (TPSA) is 83.2 Å². The lowest BCUT2D eigenvalue weighted by Gasteiger charge is -2.17. The molecule has 2 amide bonds. The number of amides is 2. The summed E-state index contributed by atoms with van der Waals surface area (Å²) in [6.45, 7) is 2.77. The Morgan fingerprint density at radius 3 is 2.76 bits per heavy atom. The highest BCUT2D eigenvalue weighted by atomic mass is 16.5. The largest absolute Gasteiger partial charge is 0.385 e. The summed E-state index contributed by atoms with van der Waals surface area (Å²) < 4.78 is 5.01. The van der Waals surface area contributed by atoms with E-state index in [2.05, 4.69) is 15.6 Å². The maximum absolute atomic E-state index is 12.5. The second-order valence-corrected chi connectivity index (χ2v) is 6.16. The van der Waals surface area contributed by atoms with Crippen LogP contribution in [0.4, 0.5) is 0 Å². The van der Waals surface area contributed by atoms with Gasteiger partial charge in [-0.2, -0.15) is 0 Å². The van der Waals surface area contributed by atoms with Crippen LogP contribution in [0.2, 0.25) is 0 Å². The molecule has 1 atom stereocenters. The Hall–Kier alpha value is -2.34. The van der Waals surface area contributed by atoms with Crippen LogP contribution in [0.5, 0.6) is 0 Å². The number of carbonyl (C=O) groups excluding carboxylic acids is 2. The van der Waals surface area contributed by atoms with Gasteiger partial charge in [-0.3, -0.25) is 9.59 Å². The molecule has 2 rings (SSSR count). The summed E-state index contributed by atoms with van der Waals surface area (Å²) in [6.07, 6.45) is 5.24. The van der Waals surface area contributed by atoms with Crippen LogP contribution in [-0.4, -0.2) is 43.1 Å². The number of unbranched alkanes of at least 4 members (excludes halogenated alkanes) is 2. The first-order valence-corrected chi connectivity index (χ1v) is 8.70. The van der Waals surface area contributed by atoms with Crippen molar-refractivity contribution in [2.75, 3.05) is 20.3 Å². The van der Waals surface area contributed by atoms with Crippen molar-refractivity contribution >= 4 is 22.7 Å². The molecule has 1 unspecified atom stereocenters. The smallest absolute Gasteiger partial charge is 0.242 e. The Morgan fingerprint density at radius 2 is 2.00 bits per heavy atom. The third-order valence-corrected chi connectivity index (χ3v) is 4.12. The van der Waals surface area contributed by atoms with E-state index in [9.17, 15) is 9.59 Å². The summed E-state index contributed by atoms with van der Waals surface area (Å²) in [6, 6.07) is 7.36. The van der Waals surface area contributed by atoms with Gasteiger partial charge in [-0.05, 0) is 30.9 Å². The van der Waals surface area contributed by atoms with Gasteiger partial charge in [0.05, 0.1) is 0 Å². The molecule has 0 saturated carbocycles. The number of aromatic amines is 1. The van der Waals surface area contributed by atoms with Gasteiger partial charge in [0, 0.05) is 50.7 Å². The maximum Gasteiger partial charge on any atom is 0.242 e. The number of aromatic nitrogens is 1. The molecule has 136 valence electrons. The lowest BCUT2D eigenvalue weighted by molar-refractivity contribution is -0.128. The molecule has 0 spiro atoms. The van der Waals surface area contributed by atoms with Crippen LogP contribution in [-0.2, 0) is 20.7 Å². The van der Waals surface area contributed by atoms with E-state index in [4.69, 9.17) is 4.74 Å². The number of methoxy groups -OCH3 is 1. The van der Waals surface area contributed by atoms with Crippen molar-refractivity contribution in [2.45, 2.75) is 38.6 Å². The third kappa shape index (κ3) is 5.90. The number of benzene rings is 1. The van der Waals surface area contributed by atoms with Crippen LogP contribution in [0, 0.1) is 0 Å². The number of H-pyrrole nitrogens is 1. The number of hydrogen-bond donors (Lipinski definition) is 3. The van der Waals surface area contributed by atoms with E-state index in [0.717, 1.165) is 42.3 Å². The highest BCUT2D eigenvalue weighted by molar-refractivity contribution is 5.89. The number of nitrogens with one attached hydrogen (secondary N) is 3. The van der Waals surface area contributed by atoms with Crippen molar-refractivity contribution in [2.24, 2.45) is 0 Å². The number of ether oxygens (including phenoxy) is 1. The van der Waals surface area contributed by atoms with Crippen molar-refractivity contribution in [3.63, 3.8) is 0 Å². The van der Waals surface area contributed by atoms with Crippen molar-refractivity contribution in [3.8, 4) is 0 Å². The maximum atomic E-state index is 12.5. The molecule has 25 heavy (non-hydrogen) atoms. The minimum absolute atomic E-state index is 0.146. The SMILES string of the molecule is COCCCCCNC(=O)C(Cc1c[nH]c2ccccc12)NC(C)=O. The van der Waals surface area contributed by atoms with E-state index < -0.39 is 6.04 Å². The molecule has 0 bridgehead atoms. The van der Waals surface area contributed by atoms with E-state index in [0.29, 0.717) is 13.0 Å². The van der Waals surface area contributed by atoms with Gasteiger partial charge in [-0.1, -0.05) is 18.2 Å². The number of carbonyl (C=O) groups is 2. The molecule has 1 heterocycles. The normalized spacial score (nSPS) is 12.1. The molecule has 2 aromatic rings. The summed E-state index contributed by atoms with van der Waals surface area (Å²) in [5, 5.41) is 6.75. The van der Waals surface area contributed by atoms with E-state index >= 15 is 0 Å². The number of hydrogen-bond acceptors (Lipinski definition) is 3. The van der Waals surface area contributed by atoms with Gasteiger partial charge in [0.2, 0.25) is 11.8 Å². The van der Waals surface area contributed by atoms with Crippen LogP contribution in [0.25, 0.3) is 10.9 Å². The summed E-state index contributed by atoms with van der Waals surface area (Å²) in [5.74, 6) is -0.354. The van der Waals surface area contributed by atoms with Gasteiger partial charge in [0.25, 0.3) is 0 Å². The molecular formula is C19H27N3O3. The fourth-order valence-corrected chi connectivity index (χ4v) is 2.86. The highest BCUT2D eigenvalue weighted by Crippen LogP contribution is 2.19. The van der Waals surface area contributed by atoms with Gasteiger partial charge in [-0.15, -0.1) is 0 Å². The molecule has 1 aromatic heterocycles. The van der Waals surface area contributed by atoms with E-state index in [-0.39, 0.29) is 11.8 Å². The summed E-state index contributed by atoms with van der Waals surface area (Å²) in [7, 11) is 1.69. The van der Waals surface area contributed by atoms with E-state index in [1.165, 1.54) is 6.92 Å². The van der Waals surface area contributed by atoms with Crippen LogP contribution in [0.3, 0.4) is 0 Å². The first kappa shape index (κ1) is 19.0. The van der Waals surface area contributed by atoms with Gasteiger partial charge in [0.1, 0.15) is 6.04 Å². The number of rotatable bonds is 10. The van der Waals surface area contributed by atoms with Crippen molar-refractivity contribution < 1.29 is 14.3 Å². The van der Waals surface area contributed by atoms with Gasteiger partial charge >= 0.3 is 0 Å². The second kappa shape index (κ2) is 9.84. The predicted octanol–water partition coefficient (Wildman–Crippen LogP) is 2.15. The van der Waals surface area contributed by atoms with Gasteiger partial charge in [0.15, 0.2) is 0 Å². The summed E-state index contributed by atoms with van der Waals surface area (Å²) in [5.41, 5.74) is 2.04. The minimum Gasteiger partial charge on any atom is -0.385 e. The van der Waals surface area contributed by atoms with Crippen molar-refractivity contribution in [1.82, 2.24) is 15.6 Å². The van der Waals surface area contributed by atoms with E-state index in [1.54, 1.807) is 7.11 Å². The molecule has 3 N–H and O–H groups in total. The number of fused-ring (bicyclic) bond motifs is 1. The Balaban J connectivity index is 1.93. The zero-order chi connectivity index (χ0) is 18.1. The first-order valence-electron chi connectivity index (χ1n) is 8.70. The zero-order valence-corrected chi connectivity index (χ0v) is 14.9. The molecule has 0 radical (unpaired) electrons. The van der Waals surface area contributed by atoms with Crippen LogP contribution in [0.1, 0.15) is 31.7 Å². The Kier molecular flexibility index (Phi) is 7.47. The fourth-order valence-electron chi connectivity index (χ4n) is 2.86. The molecule has 0 saturated heterocycles. The Morgan fingerprint density at radius 1 is 1.20 bits per heavy atom. The molecule has 0 aliphatic rings. The molecule has 1 aromatic carbocycles. The van der Waals surface area contributed by atoms with Crippen LogP contribution < -0.4 is 10.6 Å². The molecule has 6 heteroatoms. The lowest BCUT2D eigenvalue weighted by Crippen LogP contribution is -2.47. The van der Waals surface area contributed by atoms with Gasteiger partial charge in [-0.25, -0.2) is 0 Å². The van der Waals surface area contributed by atoms with Crippen LogP contribution in [0.15, 0.2) is 30.5 Å². The molecule has 0 aliphatic carbocycles. The Labute approximate surface area is 148 Å². The van der Waals surface area contributed by atoms with Crippen molar-refractivity contribution in [1.29, 1.82) is 0 Å². The summed E-state index contributed by atoms with van der Waals surface area (Å²) in [4.78, 5) is 27.2. The molecule has 6 nitrogen and oxygen atoms in total. The zero-order valence-electron chi connectivity index (χ0n) is 14.9. The van der Waals surface area contributed by atoms with Gasteiger partial charge < -0.3 is 20.4 Å². The average molecular weight is 345 g/mol. The summed E-state index contributed by atoms with van der Waals surface area (Å²) >= 11 is 0. The first-order chi connectivity index (χ1) is 12.1. The van der Waals surface area contributed by atoms with Crippen LogP contribution >= 0.6 is 0 Å². The second-order valence-electron chi connectivity index (χ2n) is 6.16. The van der Waals surface area contributed by atoms with Crippen molar-refractivity contribution in [3.05, 3.63) is 36.0 Å².